The summed E-state index contributed by atoms with van der Waals surface area (Å²) in [5.41, 5.74) is -0.273. The third-order valence-corrected chi connectivity index (χ3v) is 6.46. The number of rotatable bonds is 3. The van der Waals surface area contributed by atoms with Gasteiger partial charge in [-0.25, -0.2) is 17.2 Å². The van der Waals surface area contributed by atoms with E-state index in [4.69, 9.17) is 4.74 Å². The van der Waals surface area contributed by atoms with E-state index < -0.39 is 21.6 Å². The van der Waals surface area contributed by atoms with Crippen molar-refractivity contribution in [3.8, 4) is 0 Å². The lowest BCUT2D eigenvalue weighted by Crippen LogP contribution is -2.27. The summed E-state index contributed by atoms with van der Waals surface area (Å²) in [7, 11) is -3.96. The number of esters is 1. The zero-order chi connectivity index (χ0) is 19.1. The van der Waals surface area contributed by atoms with Gasteiger partial charge in [-0.05, 0) is 61.6 Å². The van der Waals surface area contributed by atoms with Crippen molar-refractivity contribution in [1.82, 2.24) is 3.97 Å². The molecular weight excluding hydrogens is 465 g/mol. The molecule has 0 aliphatic rings. The molecule has 0 saturated heterocycles. The van der Waals surface area contributed by atoms with Crippen LogP contribution in [-0.4, -0.2) is 24.0 Å². The van der Waals surface area contributed by atoms with Crippen LogP contribution < -0.4 is 0 Å². The Balaban J connectivity index is 2.34. The predicted octanol–water partition coefficient (Wildman–Crippen LogP) is 4.44. The minimum Gasteiger partial charge on any atom is -0.455 e. The van der Waals surface area contributed by atoms with Crippen LogP contribution in [-0.2, 0) is 14.8 Å². The molecule has 1 heterocycles. The van der Waals surface area contributed by atoms with Crippen LogP contribution in [0.5, 0.6) is 0 Å². The molecule has 3 aromatic rings. The van der Waals surface area contributed by atoms with Crippen LogP contribution in [0.25, 0.3) is 10.9 Å². The molecule has 5 nitrogen and oxygen atoms in total. The Morgan fingerprint density at radius 1 is 1.00 bits per heavy atom. The fraction of sp³-hybridized carbons (Fsp3) is 0.211. The molecule has 0 radical (unpaired) electrons. The van der Waals surface area contributed by atoms with Gasteiger partial charge in [0.05, 0.1) is 14.0 Å². The van der Waals surface area contributed by atoms with Gasteiger partial charge in [-0.1, -0.05) is 36.4 Å². The van der Waals surface area contributed by atoms with Gasteiger partial charge < -0.3 is 4.74 Å². The topological polar surface area (TPSA) is 65.4 Å². The molecule has 2 aromatic carbocycles. The number of hydrogen-bond donors (Lipinski definition) is 0. The Hall–Kier alpha value is -1.87. The van der Waals surface area contributed by atoms with Crippen LogP contribution in [0.15, 0.2) is 59.5 Å². The normalized spacial score (nSPS) is 12.3. The Bertz CT molecular complexity index is 1080. The second kappa shape index (κ2) is 6.70. The minimum absolute atomic E-state index is 0.0191. The first kappa shape index (κ1) is 18.9. The van der Waals surface area contributed by atoms with Gasteiger partial charge in [-0.2, -0.15) is 0 Å². The third-order valence-electron chi connectivity index (χ3n) is 3.64. The van der Waals surface area contributed by atoms with Crippen molar-refractivity contribution in [3.63, 3.8) is 0 Å². The number of carbonyl (C=O) groups excluding carboxylic acids is 1. The summed E-state index contributed by atoms with van der Waals surface area (Å²) in [6.07, 6.45) is 0. The minimum atomic E-state index is -3.96. The van der Waals surface area contributed by atoms with E-state index in [2.05, 4.69) is 0 Å². The van der Waals surface area contributed by atoms with E-state index in [9.17, 15) is 13.2 Å². The predicted molar refractivity (Wildman–Crippen MR) is 109 cm³/mol. The molecule has 0 spiro atoms. The summed E-state index contributed by atoms with van der Waals surface area (Å²) in [4.78, 5) is 13.0. The van der Waals surface area contributed by atoms with Crippen LogP contribution in [0, 0.1) is 3.57 Å². The van der Waals surface area contributed by atoms with Crippen molar-refractivity contribution < 1.29 is 17.9 Å². The van der Waals surface area contributed by atoms with Crippen LogP contribution in [0.2, 0.25) is 0 Å². The molecule has 3 rings (SSSR count). The fourth-order valence-corrected chi connectivity index (χ4v) is 5.24. The zero-order valence-corrected chi connectivity index (χ0v) is 17.5. The molecule has 26 heavy (non-hydrogen) atoms. The Morgan fingerprint density at radius 2 is 1.58 bits per heavy atom. The molecule has 1 aromatic heterocycles. The van der Waals surface area contributed by atoms with Gasteiger partial charge in [-0.15, -0.1) is 0 Å². The number of hydrogen-bond acceptors (Lipinski definition) is 4. The highest BCUT2D eigenvalue weighted by atomic mass is 127. The Labute approximate surface area is 166 Å². The number of ether oxygens (including phenoxy) is 1. The summed E-state index contributed by atoms with van der Waals surface area (Å²) in [6, 6.07) is 15.1. The maximum atomic E-state index is 13.3. The average Bonchev–Trinajstić information content (AvgIpc) is 2.88. The van der Waals surface area contributed by atoms with Crippen LogP contribution >= 0.6 is 22.6 Å². The van der Waals surface area contributed by atoms with E-state index in [1.54, 1.807) is 57.2 Å². The van der Waals surface area contributed by atoms with Crippen molar-refractivity contribution in [3.05, 3.63) is 63.9 Å². The monoisotopic (exact) mass is 483 g/mol. The second-order valence-corrected chi connectivity index (χ2v) is 9.63. The van der Waals surface area contributed by atoms with E-state index in [1.807, 2.05) is 28.7 Å². The number of nitrogens with zero attached hydrogens (tertiary/aromatic N) is 1. The van der Waals surface area contributed by atoms with E-state index in [-0.39, 0.29) is 10.6 Å². The number of aromatic nitrogens is 1. The lowest BCUT2D eigenvalue weighted by Gasteiger charge is -2.20. The van der Waals surface area contributed by atoms with Crippen molar-refractivity contribution in [2.24, 2.45) is 0 Å². The number of para-hydroxylation sites is 1. The van der Waals surface area contributed by atoms with E-state index in [0.717, 1.165) is 3.97 Å². The highest BCUT2D eigenvalue weighted by molar-refractivity contribution is 14.1. The van der Waals surface area contributed by atoms with Gasteiger partial charge in [0.15, 0.2) is 5.69 Å². The molecule has 0 aliphatic heterocycles. The van der Waals surface area contributed by atoms with Gasteiger partial charge >= 0.3 is 5.97 Å². The molecule has 0 saturated carbocycles. The van der Waals surface area contributed by atoms with Crippen LogP contribution in [0.3, 0.4) is 0 Å². The molecule has 7 heteroatoms. The first-order valence-electron chi connectivity index (χ1n) is 7.96. The SMILES string of the molecule is CC(C)(C)OC(=O)c1c(I)c2ccccc2n1S(=O)(=O)c1ccccc1. The number of carbonyl (C=O) groups is 1. The first-order chi connectivity index (χ1) is 12.1. The number of halogens is 1. The maximum absolute atomic E-state index is 13.3. The van der Waals surface area contributed by atoms with Crippen LogP contribution in [0.1, 0.15) is 31.3 Å². The highest BCUT2D eigenvalue weighted by Gasteiger charge is 2.32. The Kier molecular flexibility index (Phi) is 4.87. The van der Waals surface area contributed by atoms with Crippen molar-refractivity contribution >= 4 is 49.5 Å². The molecule has 0 aliphatic carbocycles. The molecule has 0 amide bonds. The van der Waals surface area contributed by atoms with Crippen molar-refractivity contribution in [2.75, 3.05) is 0 Å². The largest absolute Gasteiger partial charge is 0.455 e. The highest BCUT2D eigenvalue weighted by Crippen LogP contribution is 2.32. The molecule has 0 N–H and O–H groups in total. The number of benzene rings is 2. The summed E-state index contributed by atoms with van der Waals surface area (Å²) in [5.74, 6) is -0.669. The van der Waals surface area contributed by atoms with Gasteiger partial charge in [0.1, 0.15) is 5.60 Å². The molecule has 0 fully saturated rings. The first-order valence-corrected chi connectivity index (χ1v) is 10.5. The van der Waals surface area contributed by atoms with Gasteiger partial charge in [0, 0.05) is 5.39 Å². The Morgan fingerprint density at radius 3 is 2.19 bits per heavy atom. The summed E-state index contributed by atoms with van der Waals surface area (Å²) < 4.78 is 33.7. The molecule has 0 bridgehead atoms. The van der Waals surface area contributed by atoms with Crippen molar-refractivity contribution in [1.29, 1.82) is 0 Å². The van der Waals surface area contributed by atoms with Gasteiger partial charge in [0.2, 0.25) is 0 Å². The summed E-state index contributed by atoms with van der Waals surface area (Å²) in [5, 5.41) is 0.688. The summed E-state index contributed by atoms with van der Waals surface area (Å²) in [6.45, 7) is 5.24. The van der Waals surface area contributed by atoms with Gasteiger partial charge in [0.25, 0.3) is 10.0 Å². The molecular formula is C19H18INO4S. The second-order valence-electron chi connectivity index (χ2n) is 6.76. The lowest BCUT2D eigenvalue weighted by atomic mass is 10.2. The fourth-order valence-electron chi connectivity index (χ4n) is 2.62. The van der Waals surface area contributed by atoms with Crippen molar-refractivity contribution in [2.45, 2.75) is 31.3 Å². The molecule has 0 atom stereocenters. The lowest BCUT2D eigenvalue weighted by molar-refractivity contribution is 0.00607. The van der Waals surface area contributed by atoms with Gasteiger partial charge in [-0.3, -0.25) is 0 Å². The standard InChI is InChI=1S/C19H18INO4S/c1-19(2,3)25-18(22)17-16(20)14-11-7-8-12-15(14)21(17)26(23,24)13-9-5-4-6-10-13/h4-12H,1-3H3. The number of fused-ring (bicyclic) bond motifs is 1. The van der Waals surface area contributed by atoms with E-state index >= 15 is 0 Å². The zero-order valence-electron chi connectivity index (χ0n) is 14.6. The molecule has 136 valence electrons. The van der Waals surface area contributed by atoms with Crippen LogP contribution in [0.4, 0.5) is 0 Å². The maximum Gasteiger partial charge on any atom is 0.357 e. The summed E-state index contributed by atoms with van der Waals surface area (Å²) >= 11 is 2.00. The quantitative estimate of drug-likeness (QED) is 0.408. The average molecular weight is 483 g/mol. The smallest absolute Gasteiger partial charge is 0.357 e. The molecule has 0 unspecified atom stereocenters. The van der Waals surface area contributed by atoms with E-state index in [1.165, 1.54) is 12.1 Å². The van der Waals surface area contributed by atoms with E-state index in [0.29, 0.717) is 14.5 Å². The third kappa shape index (κ3) is 3.37.